The number of aryl methyl sites for hydroxylation is 1. The van der Waals surface area contributed by atoms with E-state index in [0.717, 1.165) is 28.0 Å². The first kappa shape index (κ1) is 12.3. The Balaban J connectivity index is 2.45. The Morgan fingerprint density at radius 1 is 1.47 bits per heavy atom. The Morgan fingerprint density at radius 2 is 2.24 bits per heavy atom. The minimum Gasteiger partial charge on any atom is -0.389 e. The standard InChI is InChI=1S/C13H15BrN2O/c1-3-13-15-6-7-16(13)10-4-5-11(9(2)17)12(14)8-10/h4-9,17H,3H2,1-2H3/t9-/m0/s1. The highest BCUT2D eigenvalue weighted by molar-refractivity contribution is 9.10. The van der Waals surface area contributed by atoms with E-state index in [-0.39, 0.29) is 0 Å². The SMILES string of the molecule is CCc1nccn1-c1ccc([C@H](C)O)c(Br)c1. The maximum Gasteiger partial charge on any atom is 0.112 e. The molecule has 1 aromatic heterocycles. The fourth-order valence-electron chi connectivity index (χ4n) is 1.84. The van der Waals surface area contributed by atoms with Crippen molar-refractivity contribution < 1.29 is 5.11 Å². The third-order valence-corrected chi connectivity index (χ3v) is 3.43. The highest BCUT2D eigenvalue weighted by atomic mass is 79.9. The number of rotatable bonds is 3. The molecule has 0 spiro atoms. The van der Waals surface area contributed by atoms with Crippen LogP contribution in [0.5, 0.6) is 0 Å². The summed E-state index contributed by atoms with van der Waals surface area (Å²) in [6, 6.07) is 5.93. The van der Waals surface area contributed by atoms with Crippen LogP contribution in [0.3, 0.4) is 0 Å². The molecule has 2 rings (SSSR count). The molecule has 90 valence electrons. The van der Waals surface area contributed by atoms with Gasteiger partial charge in [0.25, 0.3) is 0 Å². The second-order valence-corrected chi connectivity index (χ2v) is 4.80. The third kappa shape index (κ3) is 2.42. The lowest BCUT2D eigenvalue weighted by Crippen LogP contribution is -2.00. The summed E-state index contributed by atoms with van der Waals surface area (Å²) in [6.07, 6.45) is 4.17. The molecule has 0 aliphatic carbocycles. The monoisotopic (exact) mass is 294 g/mol. The minimum atomic E-state index is -0.466. The highest BCUT2D eigenvalue weighted by Gasteiger charge is 2.09. The Kier molecular flexibility index (Phi) is 3.64. The molecule has 0 unspecified atom stereocenters. The molecule has 0 saturated carbocycles. The molecule has 0 saturated heterocycles. The zero-order chi connectivity index (χ0) is 12.4. The fraction of sp³-hybridized carbons (Fsp3) is 0.308. The van der Waals surface area contributed by atoms with Crippen molar-refractivity contribution in [2.75, 3.05) is 0 Å². The Labute approximate surface area is 109 Å². The topological polar surface area (TPSA) is 38.0 Å². The maximum atomic E-state index is 9.58. The molecule has 1 heterocycles. The first-order valence-corrected chi connectivity index (χ1v) is 6.43. The molecule has 0 bridgehead atoms. The summed E-state index contributed by atoms with van der Waals surface area (Å²) in [5, 5.41) is 9.58. The van der Waals surface area contributed by atoms with Gasteiger partial charge >= 0.3 is 0 Å². The van der Waals surface area contributed by atoms with E-state index in [1.54, 1.807) is 13.1 Å². The van der Waals surface area contributed by atoms with Crippen LogP contribution in [0.25, 0.3) is 5.69 Å². The van der Waals surface area contributed by atoms with Gasteiger partial charge in [0.1, 0.15) is 5.82 Å². The fourth-order valence-corrected chi connectivity index (χ4v) is 2.53. The van der Waals surface area contributed by atoms with E-state index < -0.39 is 6.10 Å². The van der Waals surface area contributed by atoms with E-state index in [1.165, 1.54) is 0 Å². The highest BCUT2D eigenvalue weighted by Crippen LogP contribution is 2.26. The molecule has 1 N–H and O–H groups in total. The van der Waals surface area contributed by atoms with Gasteiger partial charge in [-0.3, -0.25) is 0 Å². The van der Waals surface area contributed by atoms with Crippen LogP contribution in [0.2, 0.25) is 0 Å². The molecule has 4 heteroatoms. The van der Waals surface area contributed by atoms with Crippen LogP contribution >= 0.6 is 15.9 Å². The molecule has 0 aliphatic heterocycles. The molecule has 0 radical (unpaired) electrons. The predicted molar refractivity (Wildman–Crippen MR) is 71.3 cm³/mol. The number of imidazole rings is 1. The summed E-state index contributed by atoms with van der Waals surface area (Å²) in [5.41, 5.74) is 1.95. The van der Waals surface area contributed by atoms with Gasteiger partial charge in [0.2, 0.25) is 0 Å². The number of hydrogen-bond acceptors (Lipinski definition) is 2. The molecule has 0 amide bonds. The first-order chi connectivity index (χ1) is 8.13. The van der Waals surface area contributed by atoms with Gasteiger partial charge in [-0.1, -0.05) is 28.9 Å². The zero-order valence-corrected chi connectivity index (χ0v) is 11.5. The lowest BCUT2D eigenvalue weighted by atomic mass is 10.1. The number of nitrogens with zero attached hydrogens (tertiary/aromatic N) is 2. The molecule has 3 nitrogen and oxygen atoms in total. The van der Waals surface area contributed by atoms with Crippen LogP contribution in [0.15, 0.2) is 35.1 Å². The largest absolute Gasteiger partial charge is 0.389 e. The van der Waals surface area contributed by atoms with E-state index in [1.807, 2.05) is 24.4 Å². The van der Waals surface area contributed by atoms with Crippen molar-refractivity contribution in [3.8, 4) is 5.69 Å². The molecule has 0 fully saturated rings. The molecular formula is C13H15BrN2O. The molecule has 1 atom stereocenters. The number of benzene rings is 1. The lowest BCUT2D eigenvalue weighted by molar-refractivity contribution is 0.198. The van der Waals surface area contributed by atoms with Crippen LogP contribution < -0.4 is 0 Å². The van der Waals surface area contributed by atoms with Crippen molar-refractivity contribution in [1.29, 1.82) is 0 Å². The van der Waals surface area contributed by atoms with Crippen LogP contribution in [-0.2, 0) is 6.42 Å². The van der Waals surface area contributed by atoms with E-state index >= 15 is 0 Å². The van der Waals surface area contributed by atoms with Gasteiger partial charge in [0.15, 0.2) is 0 Å². The van der Waals surface area contributed by atoms with Crippen molar-refractivity contribution >= 4 is 15.9 Å². The Morgan fingerprint density at radius 3 is 2.82 bits per heavy atom. The molecule has 17 heavy (non-hydrogen) atoms. The van der Waals surface area contributed by atoms with Gasteiger partial charge in [0.05, 0.1) is 6.10 Å². The molecule has 2 aromatic rings. The van der Waals surface area contributed by atoms with Crippen molar-refractivity contribution in [3.63, 3.8) is 0 Å². The first-order valence-electron chi connectivity index (χ1n) is 5.63. The second-order valence-electron chi connectivity index (χ2n) is 3.95. The molecule has 0 aliphatic rings. The number of halogens is 1. The van der Waals surface area contributed by atoms with E-state index in [2.05, 4.69) is 32.4 Å². The van der Waals surface area contributed by atoms with Gasteiger partial charge in [-0.05, 0) is 24.6 Å². The van der Waals surface area contributed by atoms with Crippen molar-refractivity contribution in [2.24, 2.45) is 0 Å². The van der Waals surface area contributed by atoms with Gasteiger partial charge in [-0.2, -0.15) is 0 Å². The third-order valence-electron chi connectivity index (χ3n) is 2.75. The van der Waals surface area contributed by atoms with Gasteiger partial charge in [-0.15, -0.1) is 0 Å². The predicted octanol–water partition coefficient (Wildman–Crippen LogP) is 3.25. The smallest absolute Gasteiger partial charge is 0.112 e. The molecular weight excluding hydrogens is 280 g/mol. The van der Waals surface area contributed by atoms with Gasteiger partial charge in [-0.25, -0.2) is 4.98 Å². The summed E-state index contributed by atoms with van der Waals surface area (Å²) in [6.45, 7) is 3.84. The molecule has 1 aromatic carbocycles. The van der Waals surface area contributed by atoms with Gasteiger partial charge in [0, 0.05) is 29.0 Å². The summed E-state index contributed by atoms with van der Waals surface area (Å²) in [5.74, 6) is 1.03. The number of aromatic nitrogens is 2. The van der Waals surface area contributed by atoms with E-state index in [9.17, 15) is 5.11 Å². The number of hydrogen-bond donors (Lipinski definition) is 1. The average molecular weight is 295 g/mol. The normalized spacial score (nSPS) is 12.7. The quantitative estimate of drug-likeness (QED) is 0.944. The summed E-state index contributed by atoms with van der Waals surface area (Å²) in [4.78, 5) is 4.30. The van der Waals surface area contributed by atoms with Crippen LogP contribution in [0, 0.1) is 0 Å². The van der Waals surface area contributed by atoms with Gasteiger partial charge < -0.3 is 9.67 Å². The summed E-state index contributed by atoms with van der Waals surface area (Å²) in [7, 11) is 0. The maximum absolute atomic E-state index is 9.58. The Hall–Kier alpha value is -1.13. The van der Waals surface area contributed by atoms with Crippen LogP contribution in [0.4, 0.5) is 0 Å². The second kappa shape index (κ2) is 5.02. The summed E-state index contributed by atoms with van der Waals surface area (Å²) < 4.78 is 2.97. The zero-order valence-electron chi connectivity index (χ0n) is 9.89. The summed E-state index contributed by atoms with van der Waals surface area (Å²) >= 11 is 3.49. The van der Waals surface area contributed by atoms with Crippen molar-refractivity contribution in [2.45, 2.75) is 26.4 Å². The van der Waals surface area contributed by atoms with Crippen molar-refractivity contribution in [3.05, 3.63) is 46.5 Å². The van der Waals surface area contributed by atoms with Crippen LogP contribution in [-0.4, -0.2) is 14.7 Å². The van der Waals surface area contributed by atoms with Crippen molar-refractivity contribution in [1.82, 2.24) is 9.55 Å². The minimum absolute atomic E-state index is 0.466. The number of aliphatic hydroxyl groups excluding tert-OH is 1. The average Bonchev–Trinajstić information content (AvgIpc) is 2.76. The van der Waals surface area contributed by atoms with E-state index in [0.29, 0.717) is 0 Å². The lowest BCUT2D eigenvalue weighted by Gasteiger charge is -2.11. The van der Waals surface area contributed by atoms with E-state index in [4.69, 9.17) is 0 Å². The van der Waals surface area contributed by atoms with Crippen LogP contribution in [0.1, 0.15) is 31.3 Å². The Bertz CT molecular complexity index is 520. The number of aliphatic hydroxyl groups is 1.